The van der Waals surface area contributed by atoms with Crippen LogP contribution in [-0.2, 0) is 4.79 Å². The van der Waals surface area contributed by atoms with E-state index in [1.165, 1.54) is 11.1 Å². The van der Waals surface area contributed by atoms with Crippen molar-refractivity contribution in [2.75, 3.05) is 19.6 Å². The monoisotopic (exact) mass is 334 g/mol. The van der Waals surface area contributed by atoms with Gasteiger partial charge in [-0.2, -0.15) is 0 Å². The van der Waals surface area contributed by atoms with E-state index in [1.807, 2.05) is 36.4 Å². The molecule has 0 saturated carbocycles. The third kappa shape index (κ3) is 4.64. The van der Waals surface area contributed by atoms with E-state index in [0.717, 1.165) is 31.5 Å². The highest BCUT2D eigenvalue weighted by molar-refractivity contribution is 5.87. The Labute approximate surface area is 148 Å². The maximum atomic E-state index is 11.1. The topological polar surface area (TPSA) is 53.4 Å². The van der Waals surface area contributed by atoms with Gasteiger partial charge in [0.2, 0.25) is 0 Å². The van der Waals surface area contributed by atoms with Crippen molar-refractivity contribution >= 4 is 11.5 Å². The van der Waals surface area contributed by atoms with Crippen molar-refractivity contribution in [3.63, 3.8) is 0 Å². The van der Waals surface area contributed by atoms with E-state index >= 15 is 0 Å². The van der Waals surface area contributed by atoms with Gasteiger partial charge in [-0.15, -0.1) is 0 Å². The van der Waals surface area contributed by atoms with E-state index < -0.39 is 5.97 Å². The van der Waals surface area contributed by atoms with Crippen LogP contribution in [-0.4, -0.2) is 40.6 Å². The molecule has 0 aliphatic carbocycles. The van der Waals surface area contributed by atoms with Crippen LogP contribution in [0.15, 0.2) is 72.6 Å². The lowest BCUT2D eigenvalue weighted by Gasteiger charge is -2.25. The van der Waals surface area contributed by atoms with Crippen molar-refractivity contribution in [2.24, 2.45) is 0 Å². The smallest absolute Gasteiger partial charge is 0.332 e. The number of aromatic nitrogens is 1. The number of carboxylic acids is 1. The van der Waals surface area contributed by atoms with Crippen molar-refractivity contribution in [1.29, 1.82) is 0 Å². The average Bonchev–Trinajstić information content (AvgIpc) is 2.67. The van der Waals surface area contributed by atoms with E-state index in [1.54, 1.807) is 12.4 Å². The molecule has 1 aromatic heterocycles. The SMILES string of the molecule is O=C(O)C1=CCCN(CCC=C(c2ccccc2)c2ccncc2)C1. The fourth-order valence-corrected chi connectivity index (χ4v) is 3.09. The van der Waals surface area contributed by atoms with E-state index in [4.69, 9.17) is 5.11 Å². The molecule has 0 spiro atoms. The maximum Gasteiger partial charge on any atom is 0.332 e. The Balaban J connectivity index is 1.72. The summed E-state index contributed by atoms with van der Waals surface area (Å²) in [5.74, 6) is -0.804. The van der Waals surface area contributed by atoms with Crippen LogP contribution in [0.25, 0.3) is 5.57 Å². The van der Waals surface area contributed by atoms with Crippen LogP contribution in [0.5, 0.6) is 0 Å². The molecule has 1 N–H and O–H groups in total. The average molecular weight is 334 g/mol. The molecule has 3 rings (SSSR count). The normalized spacial score (nSPS) is 15.7. The Morgan fingerprint density at radius 2 is 1.84 bits per heavy atom. The molecule has 0 radical (unpaired) electrons. The minimum atomic E-state index is -0.804. The summed E-state index contributed by atoms with van der Waals surface area (Å²) in [6.07, 6.45) is 9.37. The Kier molecular flexibility index (Phi) is 5.75. The molecule has 0 atom stereocenters. The highest BCUT2D eigenvalue weighted by atomic mass is 16.4. The lowest BCUT2D eigenvalue weighted by molar-refractivity contribution is -0.133. The van der Waals surface area contributed by atoms with Gasteiger partial charge in [0.25, 0.3) is 0 Å². The number of carbonyl (C=O) groups is 1. The van der Waals surface area contributed by atoms with Crippen LogP contribution in [0.4, 0.5) is 0 Å². The van der Waals surface area contributed by atoms with Crippen molar-refractivity contribution < 1.29 is 9.90 Å². The summed E-state index contributed by atoms with van der Waals surface area (Å²) in [4.78, 5) is 17.4. The highest BCUT2D eigenvalue weighted by Gasteiger charge is 2.16. The largest absolute Gasteiger partial charge is 0.478 e. The molecule has 0 saturated heterocycles. The van der Waals surface area contributed by atoms with Gasteiger partial charge in [-0.3, -0.25) is 9.88 Å². The molecule has 0 fully saturated rings. The van der Waals surface area contributed by atoms with Crippen LogP contribution in [0.2, 0.25) is 0 Å². The fraction of sp³-hybridized carbons (Fsp3) is 0.238. The van der Waals surface area contributed by atoms with E-state index in [2.05, 4.69) is 28.1 Å². The Hall–Kier alpha value is -2.72. The lowest BCUT2D eigenvalue weighted by Crippen LogP contribution is -2.32. The zero-order valence-corrected chi connectivity index (χ0v) is 14.1. The van der Waals surface area contributed by atoms with Crippen LogP contribution < -0.4 is 0 Å². The molecule has 4 heteroatoms. The number of rotatable bonds is 6. The van der Waals surface area contributed by atoms with Crippen molar-refractivity contribution in [3.8, 4) is 0 Å². The van der Waals surface area contributed by atoms with E-state index in [0.29, 0.717) is 12.1 Å². The predicted molar refractivity (Wildman–Crippen MR) is 99.2 cm³/mol. The van der Waals surface area contributed by atoms with Gasteiger partial charge in [0.05, 0.1) is 0 Å². The number of nitrogens with zero attached hydrogens (tertiary/aromatic N) is 2. The van der Waals surface area contributed by atoms with Gasteiger partial charge in [0, 0.05) is 37.6 Å². The standard InChI is InChI=1S/C21H22N2O2/c24-21(25)19-8-4-14-23(16-19)15-5-9-20(17-6-2-1-3-7-17)18-10-12-22-13-11-18/h1-3,6-13H,4-5,14-16H2,(H,24,25). The van der Waals surface area contributed by atoms with Gasteiger partial charge in [-0.25, -0.2) is 4.79 Å². The number of benzene rings is 1. The van der Waals surface area contributed by atoms with Crippen LogP contribution >= 0.6 is 0 Å². The number of aliphatic carboxylic acids is 1. The first-order chi connectivity index (χ1) is 12.2. The summed E-state index contributed by atoms with van der Waals surface area (Å²) >= 11 is 0. The minimum Gasteiger partial charge on any atom is -0.478 e. The van der Waals surface area contributed by atoms with Gasteiger partial charge in [0.15, 0.2) is 0 Å². The second-order valence-corrected chi connectivity index (χ2v) is 6.11. The van der Waals surface area contributed by atoms with Crippen molar-refractivity contribution in [2.45, 2.75) is 12.8 Å². The van der Waals surface area contributed by atoms with Gasteiger partial charge in [-0.05, 0) is 41.7 Å². The molecule has 2 heterocycles. The van der Waals surface area contributed by atoms with E-state index in [-0.39, 0.29) is 0 Å². The number of pyridine rings is 1. The second kappa shape index (κ2) is 8.40. The van der Waals surface area contributed by atoms with Gasteiger partial charge < -0.3 is 5.11 Å². The Morgan fingerprint density at radius 3 is 2.56 bits per heavy atom. The first kappa shape index (κ1) is 17.1. The van der Waals surface area contributed by atoms with Crippen LogP contribution in [0.3, 0.4) is 0 Å². The summed E-state index contributed by atoms with van der Waals surface area (Å²) < 4.78 is 0. The quantitative estimate of drug-likeness (QED) is 0.877. The summed E-state index contributed by atoms with van der Waals surface area (Å²) in [7, 11) is 0. The summed E-state index contributed by atoms with van der Waals surface area (Å²) in [6.45, 7) is 2.30. The Morgan fingerprint density at radius 1 is 1.12 bits per heavy atom. The molecular weight excluding hydrogens is 312 g/mol. The number of carboxylic acid groups (broad SMARTS) is 1. The number of hydrogen-bond acceptors (Lipinski definition) is 3. The molecule has 1 aromatic carbocycles. The van der Waals surface area contributed by atoms with Crippen molar-refractivity contribution in [3.05, 3.63) is 83.7 Å². The lowest BCUT2D eigenvalue weighted by atomic mass is 9.97. The number of hydrogen-bond donors (Lipinski definition) is 1. The first-order valence-corrected chi connectivity index (χ1v) is 8.54. The molecule has 1 aliphatic rings. The zero-order chi connectivity index (χ0) is 17.5. The summed E-state index contributed by atoms with van der Waals surface area (Å²) in [5.41, 5.74) is 4.02. The maximum absolute atomic E-state index is 11.1. The van der Waals surface area contributed by atoms with Gasteiger partial charge in [-0.1, -0.05) is 42.5 Å². The fourth-order valence-electron chi connectivity index (χ4n) is 3.09. The van der Waals surface area contributed by atoms with Crippen LogP contribution in [0.1, 0.15) is 24.0 Å². The van der Waals surface area contributed by atoms with Crippen molar-refractivity contribution in [1.82, 2.24) is 9.88 Å². The summed E-state index contributed by atoms with van der Waals surface area (Å²) in [5, 5.41) is 9.15. The highest BCUT2D eigenvalue weighted by Crippen LogP contribution is 2.23. The second-order valence-electron chi connectivity index (χ2n) is 6.11. The molecule has 4 nitrogen and oxygen atoms in total. The van der Waals surface area contributed by atoms with Gasteiger partial charge >= 0.3 is 5.97 Å². The van der Waals surface area contributed by atoms with Crippen LogP contribution in [0, 0.1) is 0 Å². The third-order valence-electron chi connectivity index (χ3n) is 4.37. The summed E-state index contributed by atoms with van der Waals surface area (Å²) in [6, 6.07) is 14.4. The molecule has 1 aliphatic heterocycles. The Bertz CT molecular complexity index is 725. The molecular formula is C21H22N2O2. The molecule has 2 aromatic rings. The van der Waals surface area contributed by atoms with E-state index in [9.17, 15) is 4.79 Å². The molecule has 0 amide bonds. The first-order valence-electron chi connectivity index (χ1n) is 8.54. The molecule has 128 valence electrons. The third-order valence-corrected chi connectivity index (χ3v) is 4.37. The molecule has 0 unspecified atom stereocenters. The molecule has 25 heavy (non-hydrogen) atoms. The molecule has 0 bridgehead atoms. The van der Waals surface area contributed by atoms with Gasteiger partial charge in [0.1, 0.15) is 0 Å². The zero-order valence-electron chi connectivity index (χ0n) is 14.1. The predicted octanol–water partition coefficient (Wildman–Crippen LogP) is 3.62. The minimum absolute atomic E-state index is 0.507.